The minimum absolute atomic E-state index is 0.621. The van der Waals surface area contributed by atoms with Gasteiger partial charge in [-0.15, -0.1) is 0 Å². The second kappa shape index (κ2) is 6.17. The van der Waals surface area contributed by atoms with E-state index in [2.05, 4.69) is 30.6 Å². The second-order valence-corrected chi connectivity index (χ2v) is 4.98. The van der Waals surface area contributed by atoms with Gasteiger partial charge in [-0.3, -0.25) is 4.98 Å². The number of nitrogens with one attached hydrogen (secondary N) is 2. The monoisotopic (exact) mass is 292 g/mol. The van der Waals surface area contributed by atoms with Gasteiger partial charge in [0.2, 0.25) is 0 Å². The summed E-state index contributed by atoms with van der Waals surface area (Å²) < 4.78 is 0. The Kier molecular flexibility index (Phi) is 3.91. The highest BCUT2D eigenvalue weighted by atomic mass is 15.1. The van der Waals surface area contributed by atoms with Gasteiger partial charge in [-0.25, -0.2) is 15.0 Å². The molecule has 0 aliphatic carbocycles. The van der Waals surface area contributed by atoms with Gasteiger partial charge in [-0.2, -0.15) is 0 Å². The summed E-state index contributed by atoms with van der Waals surface area (Å²) >= 11 is 0. The van der Waals surface area contributed by atoms with E-state index in [1.54, 1.807) is 24.8 Å². The third-order valence-corrected chi connectivity index (χ3v) is 2.98. The standard InChI is InChI=1S/C16H16N6/c1-11-3-5-18-13(7-11)20-15-9-17-10-16(22-15)21-14-8-12(2)4-6-19-14/h3-10H,1-2H3,(H2,18,19,20,21,22). The Balaban J connectivity index is 1.78. The quantitative estimate of drug-likeness (QED) is 0.768. The van der Waals surface area contributed by atoms with Crippen LogP contribution < -0.4 is 10.6 Å². The molecule has 0 unspecified atom stereocenters. The van der Waals surface area contributed by atoms with Crippen molar-refractivity contribution in [2.24, 2.45) is 0 Å². The zero-order chi connectivity index (χ0) is 15.4. The molecule has 0 aromatic carbocycles. The van der Waals surface area contributed by atoms with Crippen molar-refractivity contribution >= 4 is 23.3 Å². The second-order valence-electron chi connectivity index (χ2n) is 4.98. The van der Waals surface area contributed by atoms with E-state index in [1.807, 2.05) is 38.1 Å². The van der Waals surface area contributed by atoms with E-state index in [9.17, 15) is 0 Å². The molecule has 0 saturated carbocycles. The van der Waals surface area contributed by atoms with Crippen molar-refractivity contribution in [2.45, 2.75) is 13.8 Å². The maximum atomic E-state index is 4.46. The molecular formula is C16H16N6. The lowest BCUT2D eigenvalue weighted by Gasteiger charge is -2.08. The van der Waals surface area contributed by atoms with Gasteiger partial charge in [0.15, 0.2) is 11.6 Å². The van der Waals surface area contributed by atoms with Crippen LogP contribution >= 0.6 is 0 Å². The topological polar surface area (TPSA) is 75.6 Å². The number of hydrogen-bond donors (Lipinski definition) is 2. The van der Waals surface area contributed by atoms with Crippen LogP contribution in [0.5, 0.6) is 0 Å². The van der Waals surface area contributed by atoms with E-state index in [4.69, 9.17) is 0 Å². The van der Waals surface area contributed by atoms with Gasteiger partial charge in [0.25, 0.3) is 0 Å². The number of anilines is 4. The number of pyridine rings is 2. The smallest absolute Gasteiger partial charge is 0.152 e. The van der Waals surface area contributed by atoms with Crippen molar-refractivity contribution in [3.8, 4) is 0 Å². The van der Waals surface area contributed by atoms with E-state index in [0.29, 0.717) is 11.6 Å². The lowest BCUT2D eigenvalue weighted by Crippen LogP contribution is -2.01. The van der Waals surface area contributed by atoms with Gasteiger partial charge in [0.1, 0.15) is 11.6 Å². The molecule has 0 fully saturated rings. The summed E-state index contributed by atoms with van der Waals surface area (Å²) in [5, 5.41) is 6.27. The Bertz CT molecular complexity index is 724. The predicted octanol–water partition coefficient (Wildman–Crippen LogP) is 3.37. The van der Waals surface area contributed by atoms with Crippen molar-refractivity contribution in [1.82, 2.24) is 19.9 Å². The molecule has 0 amide bonds. The maximum absolute atomic E-state index is 4.46. The van der Waals surface area contributed by atoms with Crippen LogP contribution in [-0.2, 0) is 0 Å². The van der Waals surface area contributed by atoms with Crippen molar-refractivity contribution in [3.05, 3.63) is 60.2 Å². The molecule has 6 nitrogen and oxygen atoms in total. The average Bonchev–Trinajstić information content (AvgIpc) is 2.47. The Morgan fingerprint density at radius 1 is 0.727 bits per heavy atom. The molecule has 0 spiro atoms. The molecule has 3 heterocycles. The van der Waals surface area contributed by atoms with Crippen LogP contribution in [0.15, 0.2) is 49.1 Å². The molecule has 0 aliphatic rings. The third kappa shape index (κ3) is 3.54. The summed E-state index contributed by atoms with van der Waals surface area (Å²) in [6.07, 6.45) is 6.81. The van der Waals surface area contributed by atoms with Crippen LogP contribution in [0.2, 0.25) is 0 Å². The fourth-order valence-corrected chi connectivity index (χ4v) is 1.96. The number of aromatic nitrogens is 4. The Morgan fingerprint density at radius 2 is 1.23 bits per heavy atom. The molecule has 0 saturated heterocycles. The molecular weight excluding hydrogens is 276 g/mol. The van der Waals surface area contributed by atoms with Crippen LogP contribution in [-0.4, -0.2) is 19.9 Å². The van der Waals surface area contributed by atoms with Gasteiger partial charge < -0.3 is 10.6 Å². The third-order valence-electron chi connectivity index (χ3n) is 2.98. The molecule has 3 aromatic rings. The van der Waals surface area contributed by atoms with Crippen LogP contribution in [0.4, 0.5) is 23.3 Å². The molecule has 3 aromatic heterocycles. The van der Waals surface area contributed by atoms with Gasteiger partial charge in [0.05, 0.1) is 12.4 Å². The lowest BCUT2D eigenvalue weighted by molar-refractivity contribution is 1.16. The largest absolute Gasteiger partial charge is 0.324 e. The first-order chi connectivity index (χ1) is 10.7. The maximum Gasteiger partial charge on any atom is 0.152 e. The molecule has 110 valence electrons. The Labute approximate surface area is 128 Å². The highest BCUT2D eigenvalue weighted by Gasteiger charge is 2.02. The molecule has 2 N–H and O–H groups in total. The molecule has 6 heteroatoms. The minimum Gasteiger partial charge on any atom is -0.324 e. The average molecular weight is 292 g/mol. The fraction of sp³-hybridized carbons (Fsp3) is 0.125. The van der Waals surface area contributed by atoms with Gasteiger partial charge in [-0.05, 0) is 49.2 Å². The normalized spacial score (nSPS) is 10.3. The van der Waals surface area contributed by atoms with Crippen molar-refractivity contribution in [3.63, 3.8) is 0 Å². The first-order valence-corrected chi connectivity index (χ1v) is 6.90. The van der Waals surface area contributed by atoms with E-state index in [1.165, 1.54) is 0 Å². The molecule has 0 radical (unpaired) electrons. The van der Waals surface area contributed by atoms with Crippen LogP contribution in [0.3, 0.4) is 0 Å². The minimum atomic E-state index is 0.621. The van der Waals surface area contributed by atoms with Gasteiger partial charge in [0, 0.05) is 12.4 Å². The van der Waals surface area contributed by atoms with Gasteiger partial charge >= 0.3 is 0 Å². The summed E-state index contributed by atoms with van der Waals surface area (Å²) in [5.74, 6) is 2.71. The Hall–Kier alpha value is -3.02. The summed E-state index contributed by atoms with van der Waals surface area (Å²) in [5.41, 5.74) is 2.26. The number of rotatable bonds is 4. The molecule has 0 aliphatic heterocycles. The molecule has 0 atom stereocenters. The highest BCUT2D eigenvalue weighted by Crippen LogP contribution is 2.16. The molecule has 0 bridgehead atoms. The van der Waals surface area contributed by atoms with Gasteiger partial charge in [-0.1, -0.05) is 0 Å². The molecule has 22 heavy (non-hydrogen) atoms. The summed E-state index contributed by atoms with van der Waals surface area (Å²) in [6, 6.07) is 7.78. The van der Waals surface area contributed by atoms with E-state index >= 15 is 0 Å². The van der Waals surface area contributed by atoms with E-state index in [-0.39, 0.29) is 0 Å². The predicted molar refractivity (Wildman–Crippen MR) is 86.5 cm³/mol. The first-order valence-electron chi connectivity index (χ1n) is 6.90. The zero-order valence-electron chi connectivity index (χ0n) is 12.4. The number of aryl methyl sites for hydroxylation is 2. The van der Waals surface area contributed by atoms with Crippen molar-refractivity contribution in [2.75, 3.05) is 10.6 Å². The summed E-state index contributed by atoms with van der Waals surface area (Å²) in [6.45, 7) is 4.03. The van der Waals surface area contributed by atoms with Crippen LogP contribution in [0.1, 0.15) is 11.1 Å². The summed E-state index contributed by atoms with van der Waals surface area (Å²) in [4.78, 5) is 17.1. The number of nitrogens with zero attached hydrogens (tertiary/aromatic N) is 4. The Morgan fingerprint density at radius 3 is 1.68 bits per heavy atom. The van der Waals surface area contributed by atoms with Crippen molar-refractivity contribution < 1.29 is 0 Å². The van der Waals surface area contributed by atoms with Crippen LogP contribution in [0.25, 0.3) is 0 Å². The van der Waals surface area contributed by atoms with Crippen LogP contribution in [0, 0.1) is 13.8 Å². The molecule has 3 rings (SSSR count). The first kappa shape index (κ1) is 13.9. The van der Waals surface area contributed by atoms with E-state index < -0.39 is 0 Å². The van der Waals surface area contributed by atoms with E-state index in [0.717, 1.165) is 22.8 Å². The highest BCUT2D eigenvalue weighted by molar-refractivity contribution is 5.57. The fourth-order valence-electron chi connectivity index (χ4n) is 1.96. The van der Waals surface area contributed by atoms with Crippen molar-refractivity contribution in [1.29, 1.82) is 0 Å². The zero-order valence-corrected chi connectivity index (χ0v) is 12.4. The SMILES string of the molecule is Cc1ccnc(Nc2cncc(Nc3cc(C)ccn3)n2)c1. The summed E-state index contributed by atoms with van der Waals surface area (Å²) in [7, 11) is 0. The lowest BCUT2D eigenvalue weighted by atomic mass is 10.3. The number of hydrogen-bond acceptors (Lipinski definition) is 6.